The number of likely N-dealkylation sites (tertiary alicyclic amines) is 1. The summed E-state index contributed by atoms with van der Waals surface area (Å²) in [5.74, 6) is 0. The minimum absolute atomic E-state index is 0.0566. The summed E-state index contributed by atoms with van der Waals surface area (Å²) in [5, 5.41) is 13.6. The first-order chi connectivity index (χ1) is 7.63. The SMILES string of the molecule is CC1(C)CCCN(Cc2ccsc2)[C@@H]1C#N. The third-order valence-corrected chi connectivity index (χ3v) is 4.19. The van der Waals surface area contributed by atoms with Crippen molar-refractivity contribution in [2.45, 2.75) is 39.3 Å². The van der Waals surface area contributed by atoms with Crippen molar-refractivity contribution in [3.63, 3.8) is 0 Å². The van der Waals surface area contributed by atoms with E-state index in [4.69, 9.17) is 0 Å². The van der Waals surface area contributed by atoms with Gasteiger partial charge in [0.1, 0.15) is 6.04 Å². The maximum absolute atomic E-state index is 9.34. The molecule has 1 aromatic rings. The van der Waals surface area contributed by atoms with Gasteiger partial charge in [-0.3, -0.25) is 4.90 Å². The lowest BCUT2D eigenvalue weighted by atomic mass is 9.77. The summed E-state index contributed by atoms with van der Waals surface area (Å²) in [7, 11) is 0. The van der Waals surface area contributed by atoms with Crippen molar-refractivity contribution in [2.75, 3.05) is 6.54 Å². The van der Waals surface area contributed by atoms with Gasteiger partial charge in [0.2, 0.25) is 0 Å². The van der Waals surface area contributed by atoms with Gasteiger partial charge in [0.05, 0.1) is 6.07 Å². The van der Waals surface area contributed by atoms with Gasteiger partial charge < -0.3 is 0 Å². The third kappa shape index (κ3) is 2.28. The monoisotopic (exact) mass is 234 g/mol. The molecular weight excluding hydrogens is 216 g/mol. The number of rotatable bonds is 2. The Kier molecular flexibility index (Phi) is 3.32. The fraction of sp³-hybridized carbons (Fsp3) is 0.615. The van der Waals surface area contributed by atoms with Gasteiger partial charge in [0, 0.05) is 6.54 Å². The first-order valence-electron chi connectivity index (χ1n) is 5.78. The second-order valence-corrected chi connectivity index (χ2v) is 6.01. The highest BCUT2D eigenvalue weighted by Gasteiger charge is 2.37. The Balaban J connectivity index is 2.11. The second-order valence-electron chi connectivity index (χ2n) is 5.23. The Morgan fingerprint density at radius 2 is 2.44 bits per heavy atom. The van der Waals surface area contributed by atoms with E-state index in [1.54, 1.807) is 11.3 Å². The van der Waals surface area contributed by atoms with Gasteiger partial charge in [-0.2, -0.15) is 16.6 Å². The molecule has 2 rings (SSSR count). The van der Waals surface area contributed by atoms with E-state index in [-0.39, 0.29) is 11.5 Å². The summed E-state index contributed by atoms with van der Waals surface area (Å²) in [4.78, 5) is 2.32. The molecule has 0 saturated carbocycles. The van der Waals surface area contributed by atoms with E-state index < -0.39 is 0 Å². The molecule has 2 nitrogen and oxygen atoms in total. The van der Waals surface area contributed by atoms with Crippen molar-refractivity contribution in [1.82, 2.24) is 4.90 Å². The maximum atomic E-state index is 9.34. The highest BCUT2D eigenvalue weighted by molar-refractivity contribution is 7.07. The third-order valence-electron chi connectivity index (χ3n) is 3.46. The zero-order valence-electron chi connectivity index (χ0n) is 9.94. The molecule has 0 aliphatic carbocycles. The van der Waals surface area contributed by atoms with Gasteiger partial charge in [-0.15, -0.1) is 0 Å². The van der Waals surface area contributed by atoms with Crippen LogP contribution in [-0.4, -0.2) is 17.5 Å². The normalized spacial score (nSPS) is 25.2. The van der Waals surface area contributed by atoms with Crippen molar-refractivity contribution in [2.24, 2.45) is 5.41 Å². The van der Waals surface area contributed by atoms with Crippen molar-refractivity contribution in [3.8, 4) is 6.07 Å². The van der Waals surface area contributed by atoms with Gasteiger partial charge >= 0.3 is 0 Å². The zero-order chi connectivity index (χ0) is 11.6. The molecule has 1 aromatic heterocycles. The molecule has 0 N–H and O–H groups in total. The van der Waals surface area contributed by atoms with Crippen molar-refractivity contribution in [1.29, 1.82) is 5.26 Å². The Morgan fingerprint density at radius 3 is 3.06 bits per heavy atom. The fourth-order valence-electron chi connectivity index (χ4n) is 2.54. The van der Waals surface area contributed by atoms with E-state index in [9.17, 15) is 5.26 Å². The molecular formula is C13H18N2S. The highest BCUT2D eigenvalue weighted by atomic mass is 32.1. The molecule has 86 valence electrons. The van der Waals surface area contributed by atoms with Crippen LogP contribution in [-0.2, 0) is 6.54 Å². The van der Waals surface area contributed by atoms with Gasteiger partial charge in [0.25, 0.3) is 0 Å². The van der Waals surface area contributed by atoms with E-state index in [1.165, 1.54) is 12.0 Å². The summed E-state index contributed by atoms with van der Waals surface area (Å²) in [6.45, 7) is 6.39. The standard InChI is InChI=1S/C13H18N2S/c1-13(2)5-3-6-15(12(13)8-14)9-11-4-7-16-10-11/h4,7,10,12H,3,5-6,9H2,1-2H3/t12-/m1/s1. The van der Waals surface area contributed by atoms with E-state index in [2.05, 4.69) is 41.6 Å². The van der Waals surface area contributed by atoms with Crippen LogP contribution in [0.5, 0.6) is 0 Å². The van der Waals surface area contributed by atoms with E-state index in [1.807, 2.05) is 0 Å². The number of thiophene rings is 1. The van der Waals surface area contributed by atoms with Crippen molar-refractivity contribution >= 4 is 11.3 Å². The van der Waals surface area contributed by atoms with Crippen LogP contribution in [0.3, 0.4) is 0 Å². The molecule has 0 amide bonds. The van der Waals surface area contributed by atoms with Crippen LogP contribution in [0.1, 0.15) is 32.3 Å². The van der Waals surface area contributed by atoms with Crippen LogP contribution in [0.15, 0.2) is 16.8 Å². The summed E-state index contributed by atoms with van der Waals surface area (Å²) in [6, 6.07) is 4.70. The molecule has 1 fully saturated rings. The number of hydrogen-bond donors (Lipinski definition) is 0. The summed E-state index contributed by atoms with van der Waals surface area (Å²) in [5.41, 5.74) is 1.46. The van der Waals surface area contributed by atoms with Crippen LogP contribution in [0.2, 0.25) is 0 Å². The van der Waals surface area contributed by atoms with Crippen LogP contribution < -0.4 is 0 Å². The predicted octanol–water partition coefficient (Wildman–Crippen LogP) is 3.26. The van der Waals surface area contributed by atoms with E-state index in [0.717, 1.165) is 19.5 Å². The Bertz CT molecular complexity index is 375. The summed E-state index contributed by atoms with van der Waals surface area (Å²) < 4.78 is 0. The number of hydrogen-bond acceptors (Lipinski definition) is 3. The molecule has 1 aliphatic rings. The molecule has 1 aliphatic heterocycles. The van der Waals surface area contributed by atoms with Crippen molar-refractivity contribution < 1.29 is 0 Å². The molecule has 0 aromatic carbocycles. The largest absolute Gasteiger partial charge is 0.283 e. The fourth-order valence-corrected chi connectivity index (χ4v) is 3.20. The lowest BCUT2D eigenvalue weighted by Crippen LogP contribution is -2.48. The molecule has 1 atom stereocenters. The van der Waals surface area contributed by atoms with E-state index in [0.29, 0.717) is 0 Å². The molecule has 1 saturated heterocycles. The summed E-state index contributed by atoms with van der Waals surface area (Å²) in [6.07, 6.45) is 2.36. The number of nitrogens with zero attached hydrogens (tertiary/aromatic N) is 2. The zero-order valence-corrected chi connectivity index (χ0v) is 10.8. The average molecular weight is 234 g/mol. The molecule has 2 heterocycles. The van der Waals surface area contributed by atoms with Gasteiger partial charge in [-0.25, -0.2) is 0 Å². The van der Waals surface area contributed by atoms with Crippen LogP contribution in [0.4, 0.5) is 0 Å². The summed E-state index contributed by atoms with van der Waals surface area (Å²) >= 11 is 1.73. The van der Waals surface area contributed by atoms with Gasteiger partial charge in [-0.05, 0) is 47.2 Å². The van der Waals surface area contributed by atoms with Crippen LogP contribution >= 0.6 is 11.3 Å². The number of piperidine rings is 1. The van der Waals surface area contributed by atoms with E-state index >= 15 is 0 Å². The lowest BCUT2D eigenvalue weighted by Gasteiger charge is -2.42. The molecule has 0 unspecified atom stereocenters. The minimum atomic E-state index is 0.0566. The average Bonchev–Trinajstić information content (AvgIpc) is 2.69. The number of nitriles is 1. The quantitative estimate of drug-likeness (QED) is 0.785. The molecule has 0 spiro atoms. The first kappa shape index (κ1) is 11.6. The highest BCUT2D eigenvalue weighted by Crippen LogP contribution is 2.35. The molecule has 0 radical (unpaired) electrons. The van der Waals surface area contributed by atoms with Gasteiger partial charge in [-0.1, -0.05) is 13.8 Å². The van der Waals surface area contributed by atoms with Crippen molar-refractivity contribution in [3.05, 3.63) is 22.4 Å². The first-order valence-corrected chi connectivity index (χ1v) is 6.72. The molecule has 0 bridgehead atoms. The Morgan fingerprint density at radius 1 is 1.62 bits per heavy atom. The Hall–Kier alpha value is -0.850. The second kappa shape index (κ2) is 4.57. The van der Waals surface area contributed by atoms with Crippen LogP contribution in [0, 0.1) is 16.7 Å². The predicted molar refractivity (Wildman–Crippen MR) is 67.1 cm³/mol. The molecule has 3 heteroatoms. The maximum Gasteiger partial charge on any atom is 0.103 e. The van der Waals surface area contributed by atoms with Gasteiger partial charge in [0.15, 0.2) is 0 Å². The van der Waals surface area contributed by atoms with Crippen LogP contribution in [0.25, 0.3) is 0 Å². The molecule has 16 heavy (non-hydrogen) atoms. The smallest absolute Gasteiger partial charge is 0.103 e. The topological polar surface area (TPSA) is 27.0 Å². The lowest BCUT2D eigenvalue weighted by molar-refractivity contribution is 0.0663. The Labute approximate surface area is 102 Å². The minimum Gasteiger partial charge on any atom is -0.283 e.